The van der Waals surface area contributed by atoms with Gasteiger partial charge in [0.05, 0.1) is 31.5 Å². The second-order valence-corrected chi connectivity index (χ2v) is 9.59. The Morgan fingerprint density at radius 3 is 2.69 bits per heavy atom. The quantitative estimate of drug-likeness (QED) is 0.396. The van der Waals surface area contributed by atoms with Crippen LogP contribution in [0.25, 0.3) is 11.4 Å². The van der Waals surface area contributed by atoms with Gasteiger partial charge in [0.25, 0.3) is 0 Å². The van der Waals surface area contributed by atoms with Crippen LogP contribution in [0.3, 0.4) is 0 Å². The number of ether oxygens (including phenoxy) is 1. The van der Waals surface area contributed by atoms with Crippen molar-refractivity contribution < 1.29 is 14.1 Å². The van der Waals surface area contributed by atoms with E-state index in [0.717, 1.165) is 48.2 Å². The van der Waals surface area contributed by atoms with Gasteiger partial charge >= 0.3 is 6.03 Å². The summed E-state index contributed by atoms with van der Waals surface area (Å²) in [5.74, 6) is 3.59. The summed E-state index contributed by atoms with van der Waals surface area (Å²) in [6.45, 7) is 7.64. The summed E-state index contributed by atoms with van der Waals surface area (Å²) in [5, 5.41) is 9.09. The Morgan fingerprint density at radius 2 is 1.92 bits per heavy atom. The van der Waals surface area contributed by atoms with Crippen LogP contribution in [0.5, 0.6) is 0 Å². The van der Waals surface area contributed by atoms with Gasteiger partial charge in [0.15, 0.2) is 11.6 Å². The number of fused-ring (bicyclic) bond motifs is 1. The monoisotopic (exact) mass is 527 g/mol. The topological polar surface area (TPSA) is 134 Å². The van der Waals surface area contributed by atoms with E-state index >= 15 is 0 Å². The molecule has 3 aromatic heterocycles. The average molecular weight is 528 g/mol. The number of aryl methyl sites for hydroxylation is 1. The molecule has 1 saturated heterocycles. The number of hydrogen-bond donors (Lipinski definition) is 2. The Morgan fingerprint density at radius 1 is 1.05 bits per heavy atom. The van der Waals surface area contributed by atoms with E-state index in [-0.39, 0.29) is 6.04 Å². The SMILES string of the molecule is Cc1nccc(N2CCc3c(nc(-c4ccc(NC(=O)Nc5ccon5)cc4)nc3N3CCOCC3C)C2)n1. The van der Waals surface area contributed by atoms with Gasteiger partial charge in [0, 0.05) is 42.2 Å². The minimum absolute atomic E-state index is 0.211. The van der Waals surface area contributed by atoms with Gasteiger partial charge in [-0.3, -0.25) is 5.32 Å². The average Bonchev–Trinajstić information content (AvgIpc) is 3.46. The zero-order valence-corrected chi connectivity index (χ0v) is 21.8. The fourth-order valence-electron chi connectivity index (χ4n) is 4.89. The molecule has 1 fully saturated rings. The molecular weight excluding hydrogens is 498 g/mol. The van der Waals surface area contributed by atoms with Gasteiger partial charge in [0.1, 0.15) is 23.7 Å². The van der Waals surface area contributed by atoms with Crippen LogP contribution in [0.2, 0.25) is 0 Å². The Balaban J connectivity index is 1.30. The second kappa shape index (κ2) is 10.7. The Bertz CT molecular complexity index is 1460. The van der Waals surface area contributed by atoms with Crippen molar-refractivity contribution in [3.63, 3.8) is 0 Å². The molecule has 1 atom stereocenters. The molecule has 0 radical (unpaired) electrons. The first-order valence-electron chi connectivity index (χ1n) is 12.9. The molecule has 2 N–H and O–H groups in total. The number of carbonyl (C=O) groups excluding carboxylic acids is 1. The summed E-state index contributed by atoms with van der Waals surface area (Å²) in [6, 6.07) is 10.8. The number of amides is 2. The molecule has 0 saturated carbocycles. The molecule has 1 aromatic carbocycles. The first-order chi connectivity index (χ1) is 19.0. The molecule has 5 heterocycles. The van der Waals surface area contributed by atoms with E-state index in [1.54, 1.807) is 12.3 Å². The van der Waals surface area contributed by atoms with E-state index in [2.05, 4.69) is 42.5 Å². The van der Waals surface area contributed by atoms with Gasteiger partial charge in [0.2, 0.25) is 0 Å². The normalized spacial score (nSPS) is 17.0. The van der Waals surface area contributed by atoms with Gasteiger partial charge < -0.3 is 24.4 Å². The van der Waals surface area contributed by atoms with E-state index in [1.165, 1.54) is 11.8 Å². The lowest BCUT2D eigenvalue weighted by atomic mass is 10.0. The number of hydrogen-bond acceptors (Lipinski definition) is 10. The summed E-state index contributed by atoms with van der Waals surface area (Å²) in [5.41, 5.74) is 3.66. The summed E-state index contributed by atoms with van der Waals surface area (Å²) in [7, 11) is 0. The largest absolute Gasteiger partial charge is 0.377 e. The molecule has 12 nitrogen and oxygen atoms in total. The van der Waals surface area contributed by atoms with E-state index in [9.17, 15) is 4.79 Å². The molecule has 4 aromatic rings. The van der Waals surface area contributed by atoms with E-state index in [1.807, 2.05) is 37.3 Å². The highest BCUT2D eigenvalue weighted by atomic mass is 16.5. The van der Waals surface area contributed by atoms with Crippen LogP contribution in [0.4, 0.5) is 27.9 Å². The van der Waals surface area contributed by atoms with Gasteiger partial charge in [-0.1, -0.05) is 5.16 Å². The van der Waals surface area contributed by atoms with Gasteiger partial charge in [-0.15, -0.1) is 0 Å². The van der Waals surface area contributed by atoms with Gasteiger partial charge in [-0.05, 0) is 50.6 Å². The number of benzene rings is 1. The number of rotatable bonds is 5. The lowest BCUT2D eigenvalue weighted by Crippen LogP contribution is -2.45. The van der Waals surface area contributed by atoms with Crippen molar-refractivity contribution in [3.05, 3.63) is 65.9 Å². The zero-order valence-electron chi connectivity index (χ0n) is 21.8. The van der Waals surface area contributed by atoms with Crippen LogP contribution in [-0.4, -0.2) is 63.5 Å². The fraction of sp³-hybridized carbons (Fsp3) is 0.333. The van der Waals surface area contributed by atoms with E-state index in [0.29, 0.717) is 37.1 Å². The molecule has 0 spiro atoms. The van der Waals surface area contributed by atoms with Crippen LogP contribution in [-0.2, 0) is 17.7 Å². The minimum atomic E-state index is -0.412. The Hall–Kier alpha value is -4.58. The summed E-state index contributed by atoms with van der Waals surface area (Å²) < 4.78 is 10.4. The van der Waals surface area contributed by atoms with Gasteiger partial charge in [-0.2, -0.15) is 0 Å². The van der Waals surface area contributed by atoms with Crippen LogP contribution in [0, 0.1) is 6.92 Å². The maximum Gasteiger partial charge on any atom is 0.324 e. The first-order valence-corrected chi connectivity index (χ1v) is 12.9. The van der Waals surface area contributed by atoms with Crippen LogP contribution in [0.15, 0.2) is 53.4 Å². The maximum absolute atomic E-state index is 12.3. The first kappa shape index (κ1) is 24.7. The summed E-state index contributed by atoms with van der Waals surface area (Å²) >= 11 is 0. The highest BCUT2D eigenvalue weighted by Crippen LogP contribution is 2.32. The molecule has 2 amide bonds. The van der Waals surface area contributed by atoms with Crippen molar-refractivity contribution in [2.24, 2.45) is 0 Å². The lowest BCUT2D eigenvalue weighted by Gasteiger charge is -2.38. The molecule has 0 aliphatic carbocycles. The molecule has 1 unspecified atom stereocenters. The Kier molecular flexibility index (Phi) is 6.76. The predicted octanol–water partition coefficient (Wildman–Crippen LogP) is 3.66. The summed E-state index contributed by atoms with van der Waals surface area (Å²) in [4.78, 5) is 35.8. The van der Waals surface area contributed by atoms with Crippen LogP contribution >= 0.6 is 0 Å². The van der Waals surface area contributed by atoms with E-state index in [4.69, 9.17) is 19.2 Å². The van der Waals surface area contributed by atoms with Gasteiger partial charge in [-0.25, -0.2) is 24.7 Å². The van der Waals surface area contributed by atoms with Crippen molar-refractivity contribution in [2.45, 2.75) is 32.9 Å². The molecular formula is C27H29N9O3. The number of morpholine rings is 1. The molecule has 200 valence electrons. The molecule has 6 rings (SSSR count). The van der Waals surface area contributed by atoms with Crippen molar-refractivity contribution in [2.75, 3.05) is 46.7 Å². The van der Waals surface area contributed by atoms with Crippen molar-refractivity contribution in [1.29, 1.82) is 0 Å². The highest BCUT2D eigenvalue weighted by Gasteiger charge is 2.29. The minimum Gasteiger partial charge on any atom is -0.377 e. The van der Waals surface area contributed by atoms with Crippen LogP contribution < -0.4 is 20.4 Å². The standard InChI is InChI=1S/C27H29N9O3/c1-17-16-38-14-12-36(17)26-21-8-11-35(24-7-10-28-18(2)29-24)15-22(21)31-25(33-26)19-3-5-20(6-4-19)30-27(37)32-23-9-13-39-34-23/h3-7,9-10,13,17H,8,11-12,14-16H2,1-2H3,(H2,30,32,34,37). The number of carbonyl (C=O) groups is 1. The highest BCUT2D eigenvalue weighted by molar-refractivity contribution is 5.99. The number of nitrogens with zero attached hydrogens (tertiary/aromatic N) is 7. The van der Waals surface area contributed by atoms with Crippen molar-refractivity contribution in [1.82, 2.24) is 25.1 Å². The number of anilines is 4. The number of nitrogens with one attached hydrogen (secondary N) is 2. The lowest BCUT2D eigenvalue weighted by molar-refractivity contribution is 0.0984. The fourth-order valence-corrected chi connectivity index (χ4v) is 4.89. The molecule has 12 heteroatoms. The maximum atomic E-state index is 12.3. The summed E-state index contributed by atoms with van der Waals surface area (Å²) in [6.07, 6.45) is 4.01. The second-order valence-electron chi connectivity index (χ2n) is 9.59. The van der Waals surface area contributed by atoms with E-state index < -0.39 is 6.03 Å². The third-order valence-corrected chi connectivity index (χ3v) is 6.85. The number of aromatic nitrogens is 5. The van der Waals surface area contributed by atoms with Crippen molar-refractivity contribution in [3.8, 4) is 11.4 Å². The molecule has 39 heavy (non-hydrogen) atoms. The molecule has 2 aliphatic rings. The van der Waals surface area contributed by atoms with Crippen molar-refractivity contribution >= 4 is 29.2 Å². The van der Waals surface area contributed by atoms with Crippen LogP contribution in [0.1, 0.15) is 24.0 Å². The zero-order chi connectivity index (χ0) is 26.8. The predicted molar refractivity (Wildman–Crippen MR) is 146 cm³/mol. The third kappa shape index (κ3) is 5.36. The molecule has 2 aliphatic heterocycles. The molecule has 0 bridgehead atoms. The smallest absolute Gasteiger partial charge is 0.324 e. The third-order valence-electron chi connectivity index (χ3n) is 6.85. The Labute approximate surface area is 225 Å². The number of urea groups is 1.